The molecule has 0 unspecified atom stereocenters. The maximum Gasteiger partial charge on any atom is 0.462 e. The van der Waals surface area contributed by atoms with Crippen LogP contribution in [-0.4, -0.2) is 59.3 Å². The van der Waals surface area contributed by atoms with Gasteiger partial charge in [0.05, 0.1) is 0 Å². The molecule has 1 amide bonds. The number of nitrogens with one attached hydrogen (secondary N) is 1. The van der Waals surface area contributed by atoms with Crippen LogP contribution in [0.25, 0.3) is 0 Å². The van der Waals surface area contributed by atoms with Gasteiger partial charge in [0.1, 0.15) is 5.82 Å². The number of carbonyl (C=O) groups is 1. The summed E-state index contributed by atoms with van der Waals surface area (Å²) in [4.78, 5) is 14.6. The van der Waals surface area contributed by atoms with E-state index >= 15 is 0 Å². The summed E-state index contributed by atoms with van der Waals surface area (Å²) in [7, 11) is 0. The van der Waals surface area contributed by atoms with E-state index in [-0.39, 0.29) is 0 Å². The van der Waals surface area contributed by atoms with Crippen LogP contribution in [0, 0.1) is 0 Å². The molecule has 36 heavy (non-hydrogen) atoms. The van der Waals surface area contributed by atoms with E-state index in [1.165, 1.54) is 4.74 Å². The summed E-state index contributed by atoms with van der Waals surface area (Å²) in [5, 5.41) is 0.729. The zero-order chi connectivity index (χ0) is 28.8. The second kappa shape index (κ2) is 9.03. The van der Waals surface area contributed by atoms with Crippen LogP contribution in [-0.2, 0) is 14.3 Å². The van der Waals surface area contributed by atoms with Crippen LogP contribution in [0.2, 0.25) is 0 Å². The van der Waals surface area contributed by atoms with E-state index in [0.29, 0.717) is 12.3 Å². The summed E-state index contributed by atoms with van der Waals surface area (Å²) >= 11 is 0. The third-order valence-corrected chi connectivity index (χ3v) is 3.56. The minimum Gasteiger partial charge on any atom is -0.305 e. The lowest BCUT2D eigenvalue weighted by atomic mass is 10.2. The number of amides is 1. The first-order chi connectivity index (χ1) is 15.7. The fraction of sp³-hybridized carbons (Fsp3) is 0.571. The Hall–Kier alpha value is -2.65. The highest BCUT2D eigenvalue weighted by atomic mass is 19.4. The minimum atomic E-state index is -8.06. The molecule has 0 aromatic carbocycles. The Morgan fingerprint density at radius 1 is 0.667 bits per heavy atom. The van der Waals surface area contributed by atoms with E-state index in [1.807, 2.05) is 4.74 Å². The lowest BCUT2D eigenvalue weighted by Crippen LogP contribution is -2.68. The van der Waals surface area contributed by atoms with Gasteiger partial charge < -0.3 is 5.32 Å². The molecular formula is C14H5F17N2O3. The molecule has 1 aromatic heterocycles. The second-order valence-corrected chi connectivity index (χ2v) is 6.16. The van der Waals surface area contributed by atoms with Crippen LogP contribution in [0.4, 0.5) is 80.5 Å². The van der Waals surface area contributed by atoms with Gasteiger partial charge in [-0.3, -0.25) is 14.3 Å². The van der Waals surface area contributed by atoms with Crippen molar-refractivity contribution in [2.45, 2.75) is 48.4 Å². The van der Waals surface area contributed by atoms with Gasteiger partial charge in [-0.15, -0.1) is 0 Å². The second-order valence-electron chi connectivity index (χ2n) is 6.16. The van der Waals surface area contributed by atoms with Gasteiger partial charge >= 0.3 is 54.3 Å². The van der Waals surface area contributed by atoms with Crippen LogP contribution in [0.3, 0.4) is 0 Å². The quantitative estimate of drug-likeness (QED) is 0.395. The number of nitrogens with zero attached hydrogens (tertiary/aromatic N) is 1. The first-order valence-corrected chi connectivity index (χ1v) is 8.00. The van der Waals surface area contributed by atoms with Crippen LogP contribution >= 0.6 is 0 Å². The summed E-state index contributed by atoms with van der Waals surface area (Å²) in [5.41, 5.74) is 0. The van der Waals surface area contributed by atoms with Gasteiger partial charge in [0.2, 0.25) is 0 Å². The van der Waals surface area contributed by atoms with Gasteiger partial charge in [0.25, 0.3) is 0 Å². The summed E-state index contributed by atoms with van der Waals surface area (Å²) in [6, 6.07) is 2.37. The summed E-state index contributed by atoms with van der Waals surface area (Å²) < 4.78 is 225. The zero-order valence-corrected chi connectivity index (χ0v) is 15.9. The topological polar surface area (TPSA) is 60.5 Å². The molecule has 0 fully saturated rings. The molecule has 0 aliphatic rings. The Morgan fingerprint density at radius 2 is 1.17 bits per heavy atom. The normalized spacial score (nSPS) is 17.8. The number of aromatic nitrogens is 1. The van der Waals surface area contributed by atoms with Crippen molar-refractivity contribution in [1.29, 1.82) is 0 Å². The summed E-state index contributed by atoms with van der Waals surface area (Å²) in [6.07, 6.45) is -38.0. The van der Waals surface area contributed by atoms with Gasteiger partial charge in [0, 0.05) is 6.20 Å². The number of halogens is 17. The largest absolute Gasteiger partial charge is 0.462 e. The fourth-order valence-corrected chi connectivity index (χ4v) is 1.80. The lowest BCUT2D eigenvalue weighted by molar-refractivity contribution is -0.548. The number of carbonyl (C=O) groups excluding carboxylic acids is 1. The minimum absolute atomic E-state index is 0.519. The van der Waals surface area contributed by atoms with E-state index in [2.05, 4.69) is 4.98 Å². The highest BCUT2D eigenvalue weighted by Crippen LogP contribution is 2.56. The van der Waals surface area contributed by atoms with Crippen LogP contribution in [0.15, 0.2) is 24.4 Å². The van der Waals surface area contributed by atoms with Crippen LogP contribution in [0.1, 0.15) is 0 Å². The van der Waals surface area contributed by atoms with E-state index in [1.54, 1.807) is 0 Å². The number of pyridine rings is 1. The van der Waals surface area contributed by atoms with Crippen molar-refractivity contribution < 1.29 is 88.9 Å². The molecule has 208 valence electrons. The van der Waals surface area contributed by atoms with Crippen molar-refractivity contribution in [2.75, 3.05) is 5.32 Å². The highest BCUT2D eigenvalue weighted by Gasteiger charge is 2.85. The summed E-state index contributed by atoms with van der Waals surface area (Å²) in [6.45, 7) is 0. The maximum atomic E-state index is 14.3. The van der Waals surface area contributed by atoms with Crippen molar-refractivity contribution in [1.82, 2.24) is 4.98 Å². The molecule has 2 atom stereocenters. The van der Waals surface area contributed by atoms with Gasteiger partial charge in [-0.25, -0.2) is 4.98 Å². The molecule has 0 aliphatic heterocycles. The Kier molecular flexibility index (Phi) is 7.87. The summed E-state index contributed by atoms with van der Waals surface area (Å²) in [5.74, 6) is -27.5. The highest BCUT2D eigenvalue weighted by molar-refractivity contribution is 5.96. The monoisotopic (exact) mass is 572 g/mol. The van der Waals surface area contributed by atoms with E-state index in [4.69, 9.17) is 0 Å². The Balaban J connectivity index is 3.61. The Bertz CT molecular complexity index is 929. The number of ether oxygens (including phenoxy) is 2. The van der Waals surface area contributed by atoms with Gasteiger partial charge in [-0.1, -0.05) is 6.07 Å². The molecule has 0 bridgehead atoms. The van der Waals surface area contributed by atoms with Gasteiger partial charge in [0.15, 0.2) is 0 Å². The molecule has 0 saturated carbocycles. The smallest absolute Gasteiger partial charge is 0.305 e. The van der Waals surface area contributed by atoms with E-state index < -0.39 is 60.1 Å². The van der Waals surface area contributed by atoms with Crippen molar-refractivity contribution in [3.05, 3.63) is 24.4 Å². The van der Waals surface area contributed by atoms with Crippen LogP contribution < -0.4 is 5.32 Å². The lowest BCUT2D eigenvalue weighted by Gasteiger charge is -2.40. The fourth-order valence-electron chi connectivity index (χ4n) is 1.80. The maximum absolute atomic E-state index is 14.3. The molecule has 1 rings (SSSR count). The first-order valence-electron chi connectivity index (χ1n) is 8.00. The number of alkyl halides is 17. The zero-order valence-electron chi connectivity index (χ0n) is 15.9. The predicted molar refractivity (Wildman–Crippen MR) is 75.7 cm³/mol. The van der Waals surface area contributed by atoms with Crippen molar-refractivity contribution in [2.24, 2.45) is 0 Å². The molecule has 0 spiro atoms. The molecule has 5 nitrogen and oxygen atoms in total. The third kappa shape index (κ3) is 5.52. The van der Waals surface area contributed by atoms with Crippen molar-refractivity contribution in [3.8, 4) is 0 Å². The van der Waals surface area contributed by atoms with Crippen LogP contribution in [0.5, 0.6) is 0 Å². The number of hydrogen-bond donors (Lipinski definition) is 1. The van der Waals surface area contributed by atoms with Crippen molar-refractivity contribution >= 4 is 11.7 Å². The van der Waals surface area contributed by atoms with E-state index in [9.17, 15) is 79.4 Å². The van der Waals surface area contributed by atoms with E-state index in [0.717, 1.165) is 17.4 Å². The standard InChI is InChI=1S/C14H5F17N2O3/c15-7(10(19,20)21,6(34)33-5-3-1-2-4-32-5)35-14(30,31)9(18,12(25,26)27)36-13(28,29)8(16,17)11(22,23)24/h1-4H,(H,32,33,34)/t7-,9+/m1/s1. The molecule has 1 N–H and O–H groups in total. The number of anilines is 1. The average molecular weight is 572 g/mol. The molecule has 22 heteroatoms. The number of hydrogen-bond acceptors (Lipinski definition) is 4. The number of rotatable bonds is 8. The Morgan fingerprint density at radius 3 is 1.53 bits per heavy atom. The van der Waals surface area contributed by atoms with Gasteiger partial charge in [-0.2, -0.15) is 74.6 Å². The SMILES string of the molecule is O=C(Nc1ccccn1)[C@@](F)(OC(F)(F)[C@@](F)(OC(F)(F)C(F)(F)C(F)(F)F)C(F)(F)F)C(F)(F)F. The molecule has 1 heterocycles. The molecule has 0 aliphatic carbocycles. The van der Waals surface area contributed by atoms with Gasteiger partial charge in [-0.05, 0) is 12.1 Å². The third-order valence-electron chi connectivity index (χ3n) is 3.56. The first kappa shape index (κ1) is 31.4. The Labute approximate surface area is 185 Å². The molecular weight excluding hydrogens is 567 g/mol. The molecule has 0 radical (unpaired) electrons. The molecule has 0 saturated heterocycles. The van der Waals surface area contributed by atoms with Crippen molar-refractivity contribution in [3.63, 3.8) is 0 Å². The molecule has 1 aromatic rings. The predicted octanol–water partition coefficient (Wildman–Crippen LogP) is 5.89. The average Bonchev–Trinajstić information content (AvgIpc) is 2.65.